The van der Waals surface area contributed by atoms with Crippen LogP contribution < -0.4 is 10.2 Å². The van der Waals surface area contributed by atoms with Gasteiger partial charge in [-0.15, -0.1) is 0 Å². The first-order valence-corrected chi connectivity index (χ1v) is 11.0. The number of fused-ring (bicyclic) bond motifs is 1. The molecule has 10 nitrogen and oxygen atoms in total. The average Bonchev–Trinajstić information content (AvgIpc) is 2.79. The minimum Gasteiger partial charge on any atom is -0.759 e. The monoisotopic (exact) mass is 538 g/mol. The van der Waals surface area contributed by atoms with E-state index >= 15 is 0 Å². The third kappa shape index (κ3) is 10.7. The molecule has 0 aliphatic rings. The average molecular weight is 539 g/mol. The topological polar surface area (TPSA) is 174 Å². The van der Waals surface area contributed by atoms with E-state index in [-0.39, 0.29) is 54.5 Å². The molecule has 0 bridgehead atoms. The second kappa shape index (κ2) is 14.5. The van der Waals surface area contributed by atoms with Gasteiger partial charge in [0.1, 0.15) is 22.7 Å². The van der Waals surface area contributed by atoms with Crippen molar-refractivity contribution >= 4 is 71.0 Å². The molecule has 0 radical (unpaired) electrons. The van der Waals surface area contributed by atoms with Gasteiger partial charge in [-0.3, -0.25) is 18.0 Å². The number of hydrogen-bond donors (Lipinski definition) is 1. The van der Waals surface area contributed by atoms with Crippen molar-refractivity contribution in [2.45, 2.75) is 6.92 Å². The molecular weight excluding hydrogens is 520 g/mol. The SMILES string of the molecule is CC(=O)Oc1ccccc1C(=O)O.O=S(=O)([O-])[O-].O=c1cc(-c2ccccc2)oc2ccccc12.[Ca+2]. The minimum atomic E-state index is -5.17. The maximum absolute atomic E-state index is 11.9. The summed E-state index contributed by atoms with van der Waals surface area (Å²) in [6, 6.07) is 24.4. The van der Waals surface area contributed by atoms with Crippen molar-refractivity contribution in [2.24, 2.45) is 0 Å². The zero-order valence-electron chi connectivity index (χ0n) is 18.8. The minimum absolute atomic E-state index is 0. The van der Waals surface area contributed by atoms with E-state index in [9.17, 15) is 14.4 Å². The molecule has 0 atom stereocenters. The summed E-state index contributed by atoms with van der Waals surface area (Å²) < 4.78 is 44.5. The van der Waals surface area contributed by atoms with Gasteiger partial charge in [-0.25, -0.2) is 4.79 Å². The van der Waals surface area contributed by atoms with Gasteiger partial charge in [0.05, 0.1) is 5.39 Å². The number of ether oxygens (including phenoxy) is 1. The molecule has 0 unspecified atom stereocenters. The maximum Gasteiger partial charge on any atom is 2.00 e. The van der Waals surface area contributed by atoms with Gasteiger partial charge in [-0.2, -0.15) is 0 Å². The second-order valence-electron chi connectivity index (χ2n) is 6.64. The van der Waals surface area contributed by atoms with Gasteiger partial charge >= 0.3 is 49.7 Å². The molecule has 3 aromatic carbocycles. The van der Waals surface area contributed by atoms with Crippen molar-refractivity contribution in [2.75, 3.05) is 0 Å². The smallest absolute Gasteiger partial charge is 0.759 e. The van der Waals surface area contributed by atoms with Crippen molar-refractivity contribution < 1.29 is 41.4 Å². The fourth-order valence-corrected chi connectivity index (χ4v) is 2.74. The van der Waals surface area contributed by atoms with E-state index in [1.54, 1.807) is 18.2 Å². The van der Waals surface area contributed by atoms with Crippen LogP contribution in [0.5, 0.6) is 5.75 Å². The molecule has 12 heteroatoms. The Morgan fingerprint density at radius 1 is 0.889 bits per heavy atom. The summed E-state index contributed by atoms with van der Waals surface area (Å²) in [6.45, 7) is 1.22. The molecular formula is C24H18CaO10S. The molecule has 0 saturated carbocycles. The van der Waals surface area contributed by atoms with Gasteiger partial charge in [0.2, 0.25) is 0 Å². The number of carbonyl (C=O) groups excluding carboxylic acids is 1. The predicted octanol–water partition coefficient (Wildman–Crippen LogP) is 3.05. The van der Waals surface area contributed by atoms with Gasteiger partial charge < -0.3 is 23.4 Å². The van der Waals surface area contributed by atoms with Crippen LogP contribution in [0.25, 0.3) is 22.3 Å². The van der Waals surface area contributed by atoms with Crippen LogP contribution in [0.3, 0.4) is 0 Å². The van der Waals surface area contributed by atoms with Crippen LogP contribution in [-0.2, 0) is 15.2 Å². The zero-order chi connectivity index (χ0) is 26.0. The number of benzene rings is 3. The Bertz CT molecular complexity index is 1470. The van der Waals surface area contributed by atoms with Crippen molar-refractivity contribution in [1.29, 1.82) is 0 Å². The molecule has 1 N–H and O–H groups in total. The molecule has 1 heterocycles. The summed E-state index contributed by atoms with van der Waals surface area (Å²) in [5.74, 6) is -0.970. The zero-order valence-corrected chi connectivity index (χ0v) is 21.8. The van der Waals surface area contributed by atoms with Gasteiger partial charge in [-0.1, -0.05) is 54.6 Å². The van der Waals surface area contributed by atoms with Crippen molar-refractivity contribution in [3.63, 3.8) is 0 Å². The van der Waals surface area contributed by atoms with Crippen molar-refractivity contribution in [3.8, 4) is 17.1 Å². The molecule has 0 aliphatic carbocycles. The number of aromatic carboxylic acids is 1. The van der Waals surface area contributed by atoms with Crippen LogP contribution in [-0.4, -0.2) is 72.3 Å². The third-order valence-corrected chi connectivity index (χ3v) is 4.06. The van der Waals surface area contributed by atoms with Crippen LogP contribution in [0.4, 0.5) is 0 Å². The first-order valence-electron chi connectivity index (χ1n) is 9.71. The van der Waals surface area contributed by atoms with Crippen molar-refractivity contribution in [3.05, 3.63) is 101 Å². The number of carboxylic acids is 1. The number of carbonyl (C=O) groups is 2. The van der Waals surface area contributed by atoms with Gasteiger partial charge in [0.15, 0.2) is 5.43 Å². The van der Waals surface area contributed by atoms with Crippen LogP contribution in [0.1, 0.15) is 17.3 Å². The summed E-state index contributed by atoms with van der Waals surface area (Å²) >= 11 is 0. The van der Waals surface area contributed by atoms with Gasteiger partial charge in [0.25, 0.3) is 0 Å². The standard InChI is InChI=1S/C15H10O2.C9H8O4.Ca.H2O4S/c16-13-10-15(11-6-2-1-3-7-11)17-14-9-5-4-8-12(13)14;1-6(10)13-8-5-3-2-4-7(8)9(11)12;;1-5(2,3)4/h1-10H;2-5H,1H3,(H,11,12);;(H2,1,2,3,4)/q;;+2;/p-2. The Morgan fingerprint density at radius 3 is 2.00 bits per heavy atom. The number of rotatable bonds is 3. The van der Waals surface area contributed by atoms with E-state index in [1.807, 2.05) is 48.5 Å². The molecule has 0 aliphatic heterocycles. The van der Waals surface area contributed by atoms with E-state index < -0.39 is 22.3 Å². The molecule has 1 aromatic heterocycles. The van der Waals surface area contributed by atoms with Crippen molar-refractivity contribution in [1.82, 2.24) is 0 Å². The first kappa shape index (κ1) is 31.0. The van der Waals surface area contributed by atoms with E-state index in [1.165, 1.54) is 25.1 Å². The summed E-state index contributed by atoms with van der Waals surface area (Å²) in [5, 5.41) is 9.31. The predicted molar refractivity (Wildman–Crippen MR) is 129 cm³/mol. The van der Waals surface area contributed by atoms with Gasteiger partial charge in [-0.05, 0) is 24.3 Å². The Kier molecular flexibility index (Phi) is 12.5. The van der Waals surface area contributed by atoms with Gasteiger partial charge in [0, 0.05) is 29.0 Å². The van der Waals surface area contributed by atoms with Crippen LogP contribution in [0.2, 0.25) is 0 Å². The Labute approximate surface area is 235 Å². The molecule has 182 valence electrons. The first-order chi connectivity index (χ1) is 16.5. The van der Waals surface area contributed by atoms with Crippen LogP contribution >= 0.6 is 0 Å². The molecule has 0 amide bonds. The Morgan fingerprint density at radius 2 is 1.42 bits per heavy atom. The number of carboxylic acid groups (broad SMARTS) is 1. The quantitative estimate of drug-likeness (QED) is 0.134. The van der Waals surface area contributed by atoms with E-state index in [0.29, 0.717) is 16.7 Å². The Hall–Kier alpha value is -3.06. The fourth-order valence-electron chi connectivity index (χ4n) is 2.74. The fraction of sp³-hybridized carbons (Fsp3) is 0.0417. The molecule has 4 rings (SSSR count). The van der Waals surface area contributed by atoms with E-state index in [0.717, 1.165) is 5.56 Å². The third-order valence-electron chi connectivity index (χ3n) is 4.06. The van der Waals surface area contributed by atoms with Crippen LogP contribution in [0, 0.1) is 0 Å². The molecule has 0 spiro atoms. The van der Waals surface area contributed by atoms with E-state index in [4.69, 9.17) is 27.0 Å². The molecule has 4 aromatic rings. The largest absolute Gasteiger partial charge is 2.00 e. The second-order valence-corrected chi connectivity index (χ2v) is 7.46. The summed E-state index contributed by atoms with van der Waals surface area (Å²) in [4.78, 5) is 33.1. The maximum atomic E-state index is 11.9. The summed E-state index contributed by atoms with van der Waals surface area (Å²) in [7, 11) is -5.17. The molecule has 36 heavy (non-hydrogen) atoms. The van der Waals surface area contributed by atoms with Crippen LogP contribution in [0.15, 0.2) is 94.1 Å². The molecule has 0 saturated heterocycles. The summed E-state index contributed by atoms with van der Waals surface area (Å²) in [5.41, 5.74) is 1.51. The number of esters is 1. The Balaban J connectivity index is 0.000000305. The number of hydrogen-bond acceptors (Lipinski definition) is 9. The van der Waals surface area contributed by atoms with E-state index in [2.05, 4.69) is 4.74 Å². The molecule has 0 fully saturated rings. The summed E-state index contributed by atoms with van der Waals surface area (Å²) in [6.07, 6.45) is 0. The number of para-hydroxylation sites is 2. The normalized spacial score (nSPS) is 9.97.